The van der Waals surface area contributed by atoms with Crippen LogP contribution in [0.2, 0.25) is 0 Å². The normalized spacial score (nSPS) is 12.9. The van der Waals surface area contributed by atoms with E-state index in [2.05, 4.69) is 5.10 Å². The first-order valence-electron chi connectivity index (χ1n) is 6.62. The van der Waals surface area contributed by atoms with Gasteiger partial charge in [0.25, 0.3) is 10.0 Å². The Balaban J connectivity index is 2.28. The van der Waals surface area contributed by atoms with Crippen molar-refractivity contribution in [3.63, 3.8) is 0 Å². The highest BCUT2D eigenvalue weighted by molar-refractivity contribution is 7.90. The zero-order chi connectivity index (χ0) is 17.4. The number of benzene rings is 1. The molecular formula is C14H15F2N3O3S. The number of amides is 1. The maximum absolute atomic E-state index is 13.8. The highest BCUT2D eigenvalue weighted by Crippen LogP contribution is 2.20. The molecule has 0 aliphatic heterocycles. The van der Waals surface area contributed by atoms with Gasteiger partial charge < -0.3 is 0 Å². The fraction of sp³-hybridized carbons (Fsp3) is 0.286. The van der Waals surface area contributed by atoms with E-state index < -0.39 is 38.4 Å². The molecule has 2 aromatic rings. The van der Waals surface area contributed by atoms with E-state index in [1.165, 1.54) is 24.7 Å². The molecule has 0 saturated heterocycles. The maximum atomic E-state index is 13.8. The Morgan fingerprint density at radius 1 is 1.30 bits per heavy atom. The van der Waals surface area contributed by atoms with Gasteiger partial charge in [0.1, 0.15) is 16.5 Å². The van der Waals surface area contributed by atoms with Crippen LogP contribution in [0.1, 0.15) is 24.0 Å². The van der Waals surface area contributed by atoms with E-state index in [-0.39, 0.29) is 5.56 Å². The van der Waals surface area contributed by atoms with Crippen molar-refractivity contribution in [2.45, 2.75) is 24.7 Å². The van der Waals surface area contributed by atoms with E-state index in [0.29, 0.717) is 11.6 Å². The molecular weight excluding hydrogens is 328 g/mol. The Hall–Kier alpha value is -2.29. The lowest BCUT2D eigenvalue weighted by Gasteiger charge is -2.12. The van der Waals surface area contributed by atoms with Crippen molar-refractivity contribution in [3.05, 3.63) is 47.3 Å². The summed E-state index contributed by atoms with van der Waals surface area (Å²) < 4.78 is 54.7. The van der Waals surface area contributed by atoms with Gasteiger partial charge in [-0.2, -0.15) is 5.10 Å². The number of carbonyl (C=O) groups excluding carboxylic acids is 1. The summed E-state index contributed by atoms with van der Waals surface area (Å²) in [5, 5.41) is 3.89. The number of nitrogens with zero attached hydrogens (tertiary/aromatic N) is 2. The zero-order valence-electron chi connectivity index (χ0n) is 12.7. The molecule has 1 aromatic heterocycles. The average Bonchev–Trinajstić information content (AvgIpc) is 2.87. The zero-order valence-corrected chi connectivity index (χ0v) is 13.5. The van der Waals surface area contributed by atoms with Gasteiger partial charge in [-0.05, 0) is 31.5 Å². The molecule has 1 heterocycles. The number of aromatic nitrogens is 2. The van der Waals surface area contributed by atoms with Crippen molar-refractivity contribution in [2.24, 2.45) is 7.05 Å². The monoisotopic (exact) mass is 343 g/mol. The molecule has 1 atom stereocenters. The molecule has 0 aliphatic rings. The molecule has 1 aromatic carbocycles. The second-order valence-corrected chi connectivity index (χ2v) is 6.82. The summed E-state index contributed by atoms with van der Waals surface area (Å²) in [6, 6.07) is 1.31. The number of hydrogen-bond donors (Lipinski definition) is 1. The molecule has 1 amide bonds. The van der Waals surface area contributed by atoms with Crippen LogP contribution in [-0.2, 0) is 21.9 Å². The summed E-state index contributed by atoms with van der Waals surface area (Å²) in [6.45, 7) is 2.78. The minimum Gasteiger partial charge on any atom is -0.276 e. The smallest absolute Gasteiger partial charge is 0.267 e. The Labute approximate surface area is 132 Å². The van der Waals surface area contributed by atoms with Gasteiger partial charge in [0, 0.05) is 18.8 Å². The maximum Gasteiger partial charge on any atom is 0.267 e. The van der Waals surface area contributed by atoms with Crippen molar-refractivity contribution in [1.29, 1.82) is 0 Å². The third kappa shape index (κ3) is 3.55. The van der Waals surface area contributed by atoms with Gasteiger partial charge in [0.15, 0.2) is 0 Å². The third-order valence-electron chi connectivity index (χ3n) is 3.36. The lowest BCUT2D eigenvalue weighted by molar-refractivity contribution is -0.120. The van der Waals surface area contributed by atoms with Crippen molar-refractivity contribution >= 4 is 15.9 Å². The number of hydrogen-bond acceptors (Lipinski definition) is 4. The average molecular weight is 343 g/mol. The predicted molar refractivity (Wildman–Crippen MR) is 78.0 cm³/mol. The molecule has 0 fully saturated rings. The summed E-state index contributed by atoms with van der Waals surface area (Å²) in [5.41, 5.74) is 0.465. The summed E-state index contributed by atoms with van der Waals surface area (Å²) in [6.07, 6.45) is 2.98. The van der Waals surface area contributed by atoms with Gasteiger partial charge in [-0.3, -0.25) is 9.48 Å². The molecule has 0 bridgehead atoms. The molecule has 1 N–H and O–H groups in total. The SMILES string of the molecule is Cc1cc(F)c(S(=O)(=O)NC(=O)[C@@H](C)c2cnn(C)c2)cc1F. The topological polar surface area (TPSA) is 81.1 Å². The van der Waals surface area contributed by atoms with Crippen LogP contribution in [0.25, 0.3) is 0 Å². The van der Waals surface area contributed by atoms with Crippen LogP contribution in [0.4, 0.5) is 8.78 Å². The van der Waals surface area contributed by atoms with Gasteiger partial charge in [0.2, 0.25) is 5.91 Å². The fourth-order valence-electron chi connectivity index (χ4n) is 1.92. The summed E-state index contributed by atoms with van der Waals surface area (Å²) in [5.74, 6) is -3.69. The molecule has 0 saturated carbocycles. The molecule has 0 spiro atoms. The van der Waals surface area contributed by atoms with Crippen LogP contribution < -0.4 is 4.72 Å². The largest absolute Gasteiger partial charge is 0.276 e. The second-order valence-electron chi connectivity index (χ2n) is 5.17. The molecule has 6 nitrogen and oxygen atoms in total. The van der Waals surface area contributed by atoms with Crippen LogP contribution >= 0.6 is 0 Å². The van der Waals surface area contributed by atoms with Crippen molar-refractivity contribution in [1.82, 2.24) is 14.5 Å². The lowest BCUT2D eigenvalue weighted by Crippen LogP contribution is -2.34. The molecule has 124 valence electrons. The molecule has 23 heavy (non-hydrogen) atoms. The highest BCUT2D eigenvalue weighted by Gasteiger charge is 2.26. The first-order chi connectivity index (χ1) is 10.6. The van der Waals surface area contributed by atoms with E-state index in [9.17, 15) is 22.0 Å². The first kappa shape index (κ1) is 17.1. The standard InChI is InChI=1S/C14H15F2N3O3S/c1-8-4-12(16)13(5-11(8)15)23(21,22)18-14(20)9(2)10-6-17-19(3)7-10/h4-7,9H,1-3H3,(H,18,20)/t9-/m0/s1. The number of aryl methyl sites for hydroxylation is 2. The number of carbonyl (C=O) groups is 1. The van der Waals surface area contributed by atoms with Crippen LogP contribution in [0.5, 0.6) is 0 Å². The molecule has 9 heteroatoms. The molecule has 0 aliphatic carbocycles. The third-order valence-corrected chi connectivity index (χ3v) is 4.72. The van der Waals surface area contributed by atoms with E-state index in [1.54, 1.807) is 18.0 Å². The number of halogens is 2. The van der Waals surface area contributed by atoms with Crippen LogP contribution in [0.15, 0.2) is 29.4 Å². The van der Waals surface area contributed by atoms with E-state index in [1.807, 2.05) is 0 Å². The van der Waals surface area contributed by atoms with Crippen molar-refractivity contribution < 1.29 is 22.0 Å². The fourth-order valence-corrected chi connectivity index (χ4v) is 3.05. The molecule has 0 radical (unpaired) electrons. The number of nitrogens with one attached hydrogen (secondary N) is 1. The van der Waals surface area contributed by atoms with E-state index in [0.717, 1.165) is 6.07 Å². The highest BCUT2D eigenvalue weighted by atomic mass is 32.2. The lowest BCUT2D eigenvalue weighted by atomic mass is 10.1. The van der Waals surface area contributed by atoms with E-state index in [4.69, 9.17) is 0 Å². The molecule has 2 rings (SSSR count). The first-order valence-corrected chi connectivity index (χ1v) is 8.11. The van der Waals surface area contributed by atoms with Crippen LogP contribution in [-0.4, -0.2) is 24.1 Å². The Kier molecular flexibility index (Phi) is 4.51. The summed E-state index contributed by atoms with van der Waals surface area (Å²) in [7, 11) is -2.87. The Morgan fingerprint density at radius 2 is 1.96 bits per heavy atom. The minimum atomic E-state index is -4.52. The van der Waals surface area contributed by atoms with Crippen LogP contribution in [0, 0.1) is 18.6 Å². The van der Waals surface area contributed by atoms with Crippen molar-refractivity contribution in [2.75, 3.05) is 0 Å². The van der Waals surface area contributed by atoms with Crippen LogP contribution in [0.3, 0.4) is 0 Å². The van der Waals surface area contributed by atoms with Gasteiger partial charge in [-0.25, -0.2) is 21.9 Å². The van der Waals surface area contributed by atoms with Gasteiger partial charge in [0.05, 0.1) is 12.1 Å². The Bertz CT molecular complexity index is 862. The quantitative estimate of drug-likeness (QED) is 0.915. The second kappa shape index (κ2) is 6.07. The van der Waals surface area contributed by atoms with Gasteiger partial charge in [-0.1, -0.05) is 0 Å². The Morgan fingerprint density at radius 3 is 2.52 bits per heavy atom. The van der Waals surface area contributed by atoms with Gasteiger partial charge in [-0.15, -0.1) is 0 Å². The number of sulfonamides is 1. The van der Waals surface area contributed by atoms with E-state index >= 15 is 0 Å². The summed E-state index contributed by atoms with van der Waals surface area (Å²) in [4.78, 5) is 11.2. The molecule has 0 unspecified atom stereocenters. The predicted octanol–water partition coefficient (Wildman–Crippen LogP) is 1.62. The van der Waals surface area contributed by atoms with Crippen molar-refractivity contribution in [3.8, 4) is 0 Å². The summed E-state index contributed by atoms with van der Waals surface area (Å²) >= 11 is 0. The minimum absolute atomic E-state index is 0.0310. The number of rotatable bonds is 4. The van der Waals surface area contributed by atoms with Gasteiger partial charge >= 0.3 is 0 Å².